The molecule has 0 amide bonds. The summed E-state index contributed by atoms with van der Waals surface area (Å²) in [6.07, 6.45) is 2.13. The normalized spacial score (nSPS) is 26.3. The molecular weight excluding hydrogens is 230 g/mol. The molecule has 2 saturated heterocycles. The third kappa shape index (κ3) is 4.82. The van der Waals surface area contributed by atoms with Crippen molar-refractivity contribution in [3.8, 4) is 0 Å². The van der Waals surface area contributed by atoms with Crippen molar-refractivity contribution in [2.45, 2.75) is 25.0 Å². The highest BCUT2D eigenvalue weighted by Gasteiger charge is 2.18. The van der Waals surface area contributed by atoms with Gasteiger partial charge in [-0.3, -0.25) is 4.90 Å². The Labute approximate surface area is 110 Å². The molecule has 2 heterocycles. The van der Waals surface area contributed by atoms with Gasteiger partial charge in [-0.15, -0.1) is 0 Å². The summed E-state index contributed by atoms with van der Waals surface area (Å²) in [6.45, 7) is 7.31. The zero-order valence-electron chi connectivity index (χ0n) is 11.5. The van der Waals surface area contributed by atoms with Crippen LogP contribution in [0.5, 0.6) is 0 Å². The van der Waals surface area contributed by atoms with Crippen LogP contribution in [0.4, 0.5) is 0 Å². The standard InChI is InChI=1S/C13H27N3O2/c1-15-4-2-12(3-5-15)14-10-13(17)11-16-6-8-18-9-7-16/h12-14,17H,2-11H2,1H3. The maximum absolute atomic E-state index is 10.0. The first-order chi connectivity index (χ1) is 8.74. The number of hydrogen-bond donors (Lipinski definition) is 2. The van der Waals surface area contributed by atoms with Crippen LogP contribution in [-0.4, -0.2) is 86.6 Å². The van der Waals surface area contributed by atoms with E-state index in [0.29, 0.717) is 12.6 Å². The van der Waals surface area contributed by atoms with Gasteiger partial charge in [-0.05, 0) is 33.0 Å². The number of ether oxygens (including phenoxy) is 1. The number of hydrogen-bond acceptors (Lipinski definition) is 5. The van der Waals surface area contributed by atoms with Crippen LogP contribution in [0, 0.1) is 0 Å². The van der Waals surface area contributed by atoms with E-state index in [4.69, 9.17) is 4.74 Å². The predicted octanol–water partition coefficient (Wildman–Crippen LogP) is -0.637. The van der Waals surface area contributed by atoms with Gasteiger partial charge in [0.15, 0.2) is 0 Å². The molecule has 0 aliphatic carbocycles. The Hall–Kier alpha value is -0.200. The molecule has 1 unspecified atom stereocenters. The molecule has 0 spiro atoms. The number of likely N-dealkylation sites (tertiary alicyclic amines) is 1. The minimum atomic E-state index is -0.261. The van der Waals surface area contributed by atoms with Gasteiger partial charge in [-0.1, -0.05) is 0 Å². The van der Waals surface area contributed by atoms with E-state index in [0.717, 1.165) is 45.9 Å². The van der Waals surface area contributed by atoms with Crippen molar-refractivity contribution in [3.63, 3.8) is 0 Å². The van der Waals surface area contributed by atoms with Gasteiger partial charge in [-0.25, -0.2) is 0 Å². The first kappa shape index (κ1) is 14.2. The lowest BCUT2D eigenvalue weighted by Gasteiger charge is -2.32. The molecule has 2 aliphatic heterocycles. The van der Waals surface area contributed by atoms with Gasteiger partial charge in [0.25, 0.3) is 0 Å². The maximum Gasteiger partial charge on any atom is 0.0791 e. The van der Waals surface area contributed by atoms with Gasteiger partial charge in [-0.2, -0.15) is 0 Å². The van der Waals surface area contributed by atoms with Gasteiger partial charge < -0.3 is 20.1 Å². The average Bonchev–Trinajstić information content (AvgIpc) is 2.39. The van der Waals surface area contributed by atoms with E-state index < -0.39 is 0 Å². The number of morpholine rings is 1. The molecule has 1 atom stereocenters. The molecule has 2 aliphatic rings. The van der Waals surface area contributed by atoms with Crippen molar-refractivity contribution in [1.29, 1.82) is 0 Å². The molecule has 2 N–H and O–H groups in total. The molecule has 0 bridgehead atoms. The summed E-state index contributed by atoms with van der Waals surface area (Å²) >= 11 is 0. The summed E-state index contributed by atoms with van der Waals surface area (Å²) < 4.78 is 5.30. The van der Waals surface area contributed by atoms with Crippen LogP contribution in [0.15, 0.2) is 0 Å². The fourth-order valence-electron chi connectivity index (χ4n) is 2.66. The fraction of sp³-hybridized carbons (Fsp3) is 1.00. The number of piperidine rings is 1. The van der Waals surface area contributed by atoms with Gasteiger partial charge in [0.05, 0.1) is 19.3 Å². The molecule has 0 aromatic rings. The Morgan fingerprint density at radius 3 is 2.56 bits per heavy atom. The first-order valence-corrected chi connectivity index (χ1v) is 7.14. The lowest BCUT2D eigenvalue weighted by atomic mass is 10.1. The monoisotopic (exact) mass is 257 g/mol. The van der Waals surface area contributed by atoms with Crippen molar-refractivity contribution < 1.29 is 9.84 Å². The fourth-order valence-corrected chi connectivity index (χ4v) is 2.66. The number of aliphatic hydroxyl groups is 1. The van der Waals surface area contributed by atoms with E-state index in [1.807, 2.05) is 0 Å². The molecule has 5 heteroatoms. The van der Waals surface area contributed by atoms with Crippen molar-refractivity contribution in [1.82, 2.24) is 15.1 Å². The van der Waals surface area contributed by atoms with Crippen LogP contribution in [0.2, 0.25) is 0 Å². The van der Waals surface area contributed by atoms with E-state index in [2.05, 4.69) is 22.2 Å². The van der Waals surface area contributed by atoms with Crippen LogP contribution < -0.4 is 5.32 Å². The lowest BCUT2D eigenvalue weighted by Crippen LogP contribution is -2.47. The highest BCUT2D eigenvalue weighted by Crippen LogP contribution is 2.08. The Kier molecular flexibility index (Phi) is 5.85. The molecule has 0 aromatic heterocycles. The van der Waals surface area contributed by atoms with Gasteiger partial charge in [0, 0.05) is 32.2 Å². The summed E-state index contributed by atoms with van der Waals surface area (Å²) in [7, 11) is 2.17. The second-order valence-corrected chi connectivity index (χ2v) is 5.55. The van der Waals surface area contributed by atoms with Crippen LogP contribution >= 0.6 is 0 Å². The Morgan fingerprint density at radius 2 is 1.89 bits per heavy atom. The largest absolute Gasteiger partial charge is 0.390 e. The van der Waals surface area contributed by atoms with Crippen molar-refractivity contribution in [2.75, 3.05) is 59.5 Å². The second kappa shape index (κ2) is 7.40. The van der Waals surface area contributed by atoms with E-state index in [9.17, 15) is 5.11 Å². The van der Waals surface area contributed by atoms with Crippen LogP contribution in [0.25, 0.3) is 0 Å². The van der Waals surface area contributed by atoms with Gasteiger partial charge >= 0.3 is 0 Å². The van der Waals surface area contributed by atoms with Gasteiger partial charge in [0.2, 0.25) is 0 Å². The van der Waals surface area contributed by atoms with E-state index in [1.165, 1.54) is 12.8 Å². The molecule has 2 rings (SSSR count). The molecule has 2 fully saturated rings. The number of nitrogens with one attached hydrogen (secondary N) is 1. The summed E-state index contributed by atoms with van der Waals surface area (Å²) in [5, 5.41) is 13.5. The predicted molar refractivity (Wildman–Crippen MR) is 71.8 cm³/mol. The molecule has 106 valence electrons. The number of β-amino-alcohol motifs (C(OH)–C–C–N with tert-alkyl or cyclic N) is 1. The summed E-state index contributed by atoms with van der Waals surface area (Å²) in [6, 6.07) is 0.584. The smallest absolute Gasteiger partial charge is 0.0791 e. The molecule has 18 heavy (non-hydrogen) atoms. The molecule has 0 aromatic carbocycles. The van der Waals surface area contributed by atoms with Crippen molar-refractivity contribution >= 4 is 0 Å². The van der Waals surface area contributed by atoms with Gasteiger partial charge in [0.1, 0.15) is 0 Å². The molecule has 0 saturated carbocycles. The summed E-state index contributed by atoms with van der Waals surface area (Å²) in [4.78, 5) is 4.65. The third-order valence-electron chi connectivity index (χ3n) is 3.93. The molecule has 0 radical (unpaired) electrons. The Balaban J connectivity index is 1.57. The minimum Gasteiger partial charge on any atom is -0.390 e. The SMILES string of the molecule is CN1CCC(NCC(O)CN2CCOCC2)CC1. The number of nitrogens with zero attached hydrogens (tertiary/aromatic N) is 2. The maximum atomic E-state index is 10.0. The number of rotatable bonds is 5. The van der Waals surface area contributed by atoms with Crippen molar-refractivity contribution in [2.24, 2.45) is 0 Å². The highest BCUT2D eigenvalue weighted by atomic mass is 16.5. The molecule has 5 nitrogen and oxygen atoms in total. The van der Waals surface area contributed by atoms with E-state index in [-0.39, 0.29) is 6.10 Å². The zero-order chi connectivity index (χ0) is 12.8. The summed E-state index contributed by atoms with van der Waals surface area (Å²) in [5.74, 6) is 0. The Bertz CT molecular complexity index is 226. The van der Waals surface area contributed by atoms with E-state index >= 15 is 0 Å². The number of aliphatic hydroxyl groups excluding tert-OH is 1. The average molecular weight is 257 g/mol. The van der Waals surface area contributed by atoms with Crippen LogP contribution in [0.1, 0.15) is 12.8 Å². The lowest BCUT2D eigenvalue weighted by molar-refractivity contribution is 0.0141. The summed E-state index contributed by atoms with van der Waals surface area (Å²) in [5.41, 5.74) is 0. The van der Waals surface area contributed by atoms with E-state index in [1.54, 1.807) is 0 Å². The van der Waals surface area contributed by atoms with Crippen LogP contribution in [-0.2, 0) is 4.74 Å². The first-order valence-electron chi connectivity index (χ1n) is 7.14. The minimum absolute atomic E-state index is 0.261. The molecular formula is C13H27N3O2. The topological polar surface area (TPSA) is 48.0 Å². The van der Waals surface area contributed by atoms with Crippen LogP contribution in [0.3, 0.4) is 0 Å². The quantitative estimate of drug-likeness (QED) is 0.686. The second-order valence-electron chi connectivity index (χ2n) is 5.55. The highest BCUT2D eigenvalue weighted by molar-refractivity contribution is 4.77. The zero-order valence-corrected chi connectivity index (χ0v) is 11.5. The van der Waals surface area contributed by atoms with Crippen molar-refractivity contribution in [3.05, 3.63) is 0 Å². The third-order valence-corrected chi connectivity index (χ3v) is 3.93. The Morgan fingerprint density at radius 1 is 1.22 bits per heavy atom.